The average molecular weight is 563 g/mol. The molecule has 1 fully saturated rings. The zero-order valence-corrected chi connectivity index (χ0v) is 24.2. The summed E-state index contributed by atoms with van der Waals surface area (Å²) in [5, 5.41) is 5.70. The lowest BCUT2D eigenvalue weighted by Crippen LogP contribution is -2.41. The average Bonchev–Trinajstić information content (AvgIpc) is 3.56. The third-order valence-corrected chi connectivity index (χ3v) is 8.14. The number of hydrazine groups is 1. The summed E-state index contributed by atoms with van der Waals surface area (Å²) < 4.78 is 19.6. The molecule has 0 unspecified atom stereocenters. The highest BCUT2D eigenvalue weighted by Gasteiger charge is 2.24. The molecule has 2 aliphatic rings. The Morgan fingerprint density at radius 2 is 1.98 bits per heavy atom. The van der Waals surface area contributed by atoms with Crippen molar-refractivity contribution in [3.8, 4) is 0 Å². The molecule has 0 amide bonds. The van der Waals surface area contributed by atoms with Crippen LogP contribution in [0.1, 0.15) is 60.3 Å². The number of aromatic nitrogens is 1. The molecule has 0 radical (unpaired) electrons. The van der Waals surface area contributed by atoms with Crippen LogP contribution in [-0.2, 0) is 17.6 Å². The van der Waals surface area contributed by atoms with Gasteiger partial charge in [-0.1, -0.05) is 19.9 Å². The zero-order chi connectivity index (χ0) is 28.9. The van der Waals surface area contributed by atoms with Gasteiger partial charge in [0.25, 0.3) is 0 Å². The molecule has 8 nitrogen and oxygen atoms in total. The second-order valence-corrected chi connectivity index (χ2v) is 11.9. The van der Waals surface area contributed by atoms with Gasteiger partial charge in [-0.3, -0.25) is 0 Å². The van der Waals surface area contributed by atoms with E-state index in [-0.39, 0.29) is 23.9 Å². The predicted molar refractivity (Wildman–Crippen MR) is 163 cm³/mol. The molecule has 1 saturated heterocycles. The monoisotopic (exact) mass is 562 g/mol. The second-order valence-electron chi connectivity index (χ2n) is 11.9. The molecule has 3 aromatic rings. The molecule has 5 rings (SSSR count). The van der Waals surface area contributed by atoms with Crippen LogP contribution in [0, 0.1) is 17.7 Å². The van der Waals surface area contributed by atoms with Crippen LogP contribution in [-0.4, -0.2) is 60.2 Å². The van der Waals surface area contributed by atoms with Crippen LogP contribution in [0.3, 0.4) is 0 Å². The highest BCUT2D eigenvalue weighted by molar-refractivity contribution is 6.04. The highest BCUT2D eigenvalue weighted by Crippen LogP contribution is 2.29. The summed E-state index contributed by atoms with van der Waals surface area (Å²) in [5.41, 5.74) is 12.2. The highest BCUT2D eigenvalue weighted by atomic mass is 19.1. The number of hydrogen-bond donors (Lipinski definition) is 4. The number of halogens is 1. The zero-order valence-electron chi connectivity index (χ0n) is 24.2. The molecule has 2 heterocycles. The number of benzene rings is 2. The Labute approximate surface area is 241 Å². The van der Waals surface area contributed by atoms with Crippen molar-refractivity contribution in [2.45, 2.75) is 46.0 Å². The predicted octanol–water partition coefficient (Wildman–Crippen LogP) is 4.87. The molecule has 9 heteroatoms. The molecule has 0 spiro atoms. The molecule has 41 heavy (non-hydrogen) atoms. The van der Waals surface area contributed by atoms with E-state index in [2.05, 4.69) is 33.4 Å². The van der Waals surface area contributed by atoms with Gasteiger partial charge in [-0.25, -0.2) is 15.0 Å². The van der Waals surface area contributed by atoms with Gasteiger partial charge in [-0.15, -0.1) is 0 Å². The molecule has 1 aliphatic carbocycles. The molecule has 0 saturated carbocycles. The van der Waals surface area contributed by atoms with Crippen molar-refractivity contribution in [1.29, 1.82) is 0 Å². The van der Waals surface area contributed by atoms with E-state index >= 15 is 0 Å². The second kappa shape index (κ2) is 13.0. The van der Waals surface area contributed by atoms with E-state index in [0.717, 1.165) is 39.0 Å². The fourth-order valence-corrected chi connectivity index (χ4v) is 5.96. The van der Waals surface area contributed by atoms with Crippen molar-refractivity contribution in [2.75, 3.05) is 44.6 Å². The van der Waals surface area contributed by atoms with E-state index in [1.165, 1.54) is 48.2 Å². The molecule has 1 aliphatic heterocycles. The quantitative estimate of drug-likeness (QED) is 0.150. The lowest BCUT2D eigenvalue weighted by molar-refractivity contribution is 0.0452. The van der Waals surface area contributed by atoms with Crippen molar-refractivity contribution in [3.63, 3.8) is 0 Å². The van der Waals surface area contributed by atoms with E-state index in [9.17, 15) is 9.18 Å². The van der Waals surface area contributed by atoms with Gasteiger partial charge in [0, 0.05) is 48.0 Å². The molecule has 0 atom stereocenters. The number of likely N-dealkylation sites (tertiary alicyclic amines) is 1. The number of carbonyl (C=O) groups is 1. The van der Waals surface area contributed by atoms with Crippen molar-refractivity contribution in [2.24, 2.45) is 23.4 Å². The molecular formula is C32H43FN6O2. The fraction of sp³-hybridized carbons (Fsp3) is 0.469. The number of anilines is 1. The third kappa shape index (κ3) is 7.21. The van der Waals surface area contributed by atoms with Crippen LogP contribution in [0.25, 0.3) is 16.6 Å². The van der Waals surface area contributed by atoms with E-state index < -0.39 is 11.8 Å². The molecule has 220 valence electrons. The van der Waals surface area contributed by atoms with Crippen LogP contribution in [0.4, 0.5) is 10.1 Å². The maximum absolute atomic E-state index is 14.1. The van der Waals surface area contributed by atoms with Gasteiger partial charge in [0.2, 0.25) is 0 Å². The van der Waals surface area contributed by atoms with Gasteiger partial charge >= 0.3 is 5.97 Å². The summed E-state index contributed by atoms with van der Waals surface area (Å²) in [4.78, 5) is 18.4. The van der Waals surface area contributed by atoms with Crippen LogP contribution in [0.2, 0.25) is 0 Å². The first-order valence-electron chi connectivity index (χ1n) is 14.8. The van der Waals surface area contributed by atoms with Gasteiger partial charge in [0.15, 0.2) is 0 Å². The normalized spacial score (nSPS) is 16.4. The Morgan fingerprint density at radius 1 is 1.20 bits per heavy atom. The van der Waals surface area contributed by atoms with Gasteiger partial charge in [-0.05, 0) is 98.5 Å². The van der Waals surface area contributed by atoms with Gasteiger partial charge in [0.05, 0.1) is 12.3 Å². The molecule has 0 bridgehead atoms. The third-order valence-electron chi connectivity index (χ3n) is 8.14. The SMILES string of the molecule is CC(C)COC(=O)c1[nH]c2ccc(F)cc2c1/C(N)=C/N(N)CC1CCN(CCNc2ccc3c(c2)CCC3)CC1. The first-order valence-corrected chi connectivity index (χ1v) is 14.8. The van der Waals surface area contributed by atoms with E-state index in [4.69, 9.17) is 16.3 Å². The van der Waals surface area contributed by atoms with Crippen molar-refractivity contribution in [1.82, 2.24) is 14.9 Å². The Balaban J connectivity index is 1.15. The molecule has 6 N–H and O–H groups in total. The van der Waals surface area contributed by atoms with Crippen molar-refractivity contribution < 1.29 is 13.9 Å². The number of nitrogens with two attached hydrogens (primary N) is 2. The maximum Gasteiger partial charge on any atom is 0.355 e. The van der Waals surface area contributed by atoms with Crippen LogP contribution < -0.4 is 16.9 Å². The number of nitrogens with zero attached hydrogens (tertiary/aromatic N) is 2. The van der Waals surface area contributed by atoms with Gasteiger partial charge in [-0.2, -0.15) is 0 Å². The first-order chi connectivity index (χ1) is 19.8. The molecule has 1 aromatic heterocycles. The van der Waals surface area contributed by atoms with Gasteiger partial charge in [0.1, 0.15) is 11.5 Å². The maximum atomic E-state index is 14.1. The number of aromatic amines is 1. The summed E-state index contributed by atoms with van der Waals surface area (Å²) >= 11 is 0. The Hall–Kier alpha value is -3.56. The molecule has 2 aromatic carbocycles. The minimum atomic E-state index is -0.525. The number of H-pyrrole nitrogens is 1. The van der Waals surface area contributed by atoms with E-state index in [1.807, 2.05) is 13.8 Å². The van der Waals surface area contributed by atoms with E-state index in [0.29, 0.717) is 28.9 Å². The van der Waals surface area contributed by atoms with Gasteiger partial charge < -0.3 is 30.7 Å². The smallest absolute Gasteiger partial charge is 0.355 e. The lowest BCUT2D eigenvalue weighted by Gasteiger charge is -2.33. The topological polar surface area (TPSA) is 113 Å². The fourth-order valence-electron chi connectivity index (χ4n) is 5.96. The Bertz CT molecular complexity index is 1390. The van der Waals surface area contributed by atoms with Crippen LogP contribution >= 0.6 is 0 Å². The number of hydrogen-bond acceptors (Lipinski definition) is 7. The number of rotatable bonds is 11. The number of esters is 1. The van der Waals surface area contributed by atoms with Crippen LogP contribution in [0.5, 0.6) is 0 Å². The summed E-state index contributed by atoms with van der Waals surface area (Å²) in [5.74, 6) is 6.06. The number of piperidine rings is 1. The summed E-state index contributed by atoms with van der Waals surface area (Å²) in [7, 11) is 0. The number of ether oxygens (including phenoxy) is 1. The number of fused-ring (bicyclic) bond motifs is 2. The minimum Gasteiger partial charge on any atom is -0.461 e. The number of nitrogens with one attached hydrogen (secondary N) is 2. The Morgan fingerprint density at radius 3 is 2.76 bits per heavy atom. The lowest BCUT2D eigenvalue weighted by atomic mass is 9.96. The van der Waals surface area contributed by atoms with E-state index in [1.54, 1.807) is 17.3 Å². The summed E-state index contributed by atoms with van der Waals surface area (Å²) in [6, 6.07) is 11.1. The standard InChI is InChI=1S/C32H43FN6O2/c1-21(2)20-41-32(40)31-30(27-17-25(33)7-9-29(27)37-31)28(34)19-39(35)18-22-10-13-38(14-11-22)15-12-36-26-8-6-23-4-3-5-24(23)16-26/h6-9,16-17,19,21-22,36-37H,3-5,10-15,18,20,34-35H2,1-2H3/b28-19-. The largest absolute Gasteiger partial charge is 0.461 e. The first kappa shape index (κ1) is 29.0. The number of carbonyl (C=O) groups excluding carboxylic acids is 1. The summed E-state index contributed by atoms with van der Waals surface area (Å²) in [6.45, 7) is 8.84. The van der Waals surface area contributed by atoms with Crippen LogP contribution in [0.15, 0.2) is 42.6 Å². The molecular weight excluding hydrogens is 519 g/mol. The minimum absolute atomic E-state index is 0.184. The Kier molecular flexibility index (Phi) is 9.15. The number of aryl methyl sites for hydroxylation is 2. The van der Waals surface area contributed by atoms with Crippen molar-refractivity contribution in [3.05, 3.63) is 70.8 Å². The van der Waals surface area contributed by atoms with Crippen molar-refractivity contribution >= 4 is 28.3 Å². The summed E-state index contributed by atoms with van der Waals surface area (Å²) in [6.07, 6.45) is 7.41.